The van der Waals surface area contributed by atoms with Crippen LogP contribution in [-0.2, 0) is 11.2 Å². The van der Waals surface area contributed by atoms with Crippen molar-refractivity contribution in [3.05, 3.63) is 81.1 Å². The predicted octanol–water partition coefficient (Wildman–Crippen LogP) is 1.96. The summed E-state index contributed by atoms with van der Waals surface area (Å²) in [5, 5.41) is 13.2. The van der Waals surface area contributed by atoms with Crippen molar-refractivity contribution < 1.29 is 14.7 Å². The Kier molecular flexibility index (Phi) is 7.78. The number of rotatable bonds is 5. The molecule has 0 saturated heterocycles. The van der Waals surface area contributed by atoms with Crippen molar-refractivity contribution in [3.63, 3.8) is 0 Å². The van der Waals surface area contributed by atoms with E-state index in [2.05, 4.69) is 10.3 Å². The van der Waals surface area contributed by atoms with Gasteiger partial charge in [0.15, 0.2) is 0 Å². The van der Waals surface area contributed by atoms with Gasteiger partial charge in [-0.2, -0.15) is 0 Å². The molecule has 0 aliphatic rings. The van der Waals surface area contributed by atoms with E-state index in [1.807, 2.05) is 0 Å². The standard InChI is InChI=1S/C19H15ClN2O4.K.H/c20-13-7-5-11(6-8-13)18(24)22-16(19(25)26)9-12-10-17(23)21-15-4-2-1-3-14(12)15;;/h1-8,10,16H,9H2,(H,21,23)(H,22,24)(H,25,26);;. The van der Waals surface area contributed by atoms with Gasteiger partial charge >= 0.3 is 57.4 Å². The molecular formula is C19H16ClKN2O4. The van der Waals surface area contributed by atoms with Gasteiger partial charge < -0.3 is 15.4 Å². The number of aliphatic carboxylic acids is 1. The number of hydrogen-bond acceptors (Lipinski definition) is 3. The van der Waals surface area contributed by atoms with Crippen molar-refractivity contribution in [2.24, 2.45) is 0 Å². The third-order valence-electron chi connectivity index (χ3n) is 3.97. The van der Waals surface area contributed by atoms with Gasteiger partial charge in [-0.3, -0.25) is 9.59 Å². The molecule has 2 aromatic carbocycles. The number of amides is 1. The van der Waals surface area contributed by atoms with Gasteiger partial charge in [-0.05, 0) is 35.9 Å². The van der Waals surface area contributed by atoms with E-state index in [1.165, 1.54) is 18.2 Å². The topological polar surface area (TPSA) is 99.3 Å². The fourth-order valence-corrected chi connectivity index (χ4v) is 2.83. The third kappa shape index (κ3) is 5.51. The van der Waals surface area contributed by atoms with Crippen molar-refractivity contribution in [2.45, 2.75) is 12.5 Å². The maximum absolute atomic E-state index is 12.3. The van der Waals surface area contributed by atoms with Gasteiger partial charge in [-0.15, -0.1) is 0 Å². The van der Waals surface area contributed by atoms with Crippen LogP contribution in [0.5, 0.6) is 0 Å². The van der Waals surface area contributed by atoms with Crippen LogP contribution in [0.3, 0.4) is 0 Å². The van der Waals surface area contributed by atoms with Crippen molar-refractivity contribution >= 4 is 85.8 Å². The fraction of sp³-hybridized carbons (Fsp3) is 0.105. The number of benzene rings is 2. The molecule has 0 radical (unpaired) electrons. The van der Waals surface area contributed by atoms with Crippen molar-refractivity contribution in [3.8, 4) is 0 Å². The first-order chi connectivity index (χ1) is 12.4. The first kappa shape index (κ1) is 21.8. The zero-order chi connectivity index (χ0) is 18.7. The molecule has 3 N–H and O–H groups in total. The number of carboxylic acid groups (broad SMARTS) is 1. The summed E-state index contributed by atoms with van der Waals surface area (Å²) < 4.78 is 0. The molecule has 3 rings (SSSR count). The summed E-state index contributed by atoms with van der Waals surface area (Å²) in [7, 11) is 0. The first-order valence-corrected chi connectivity index (χ1v) is 8.22. The average Bonchev–Trinajstić information content (AvgIpc) is 2.61. The number of aromatic nitrogens is 1. The van der Waals surface area contributed by atoms with Crippen LogP contribution < -0.4 is 10.9 Å². The number of halogens is 1. The van der Waals surface area contributed by atoms with Gasteiger partial charge in [0.1, 0.15) is 6.04 Å². The molecule has 27 heavy (non-hydrogen) atoms. The molecule has 3 aromatic rings. The Morgan fingerprint density at radius 2 is 1.78 bits per heavy atom. The molecule has 0 bridgehead atoms. The summed E-state index contributed by atoms with van der Waals surface area (Å²) in [4.78, 5) is 38.5. The Balaban J connectivity index is 0.00000261. The van der Waals surface area contributed by atoms with Gasteiger partial charge in [0.05, 0.1) is 0 Å². The summed E-state index contributed by atoms with van der Waals surface area (Å²) in [5.74, 6) is -1.71. The Hall–Kier alpha value is -1.48. The monoisotopic (exact) mass is 410 g/mol. The van der Waals surface area contributed by atoms with Gasteiger partial charge in [-0.1, -0.05) is 29.8 Å². The number of fused-ring (bicyclic) bond motifs is 1. The van der Waals surface area contributed by atoms with Crippen LogP contribution in [0, 0.1) is 0 Å². The van der Waals surface area contributed by atoms with Crippen molar-refractivity contribution in [2.75, 3.05) is 0 Å². The number of H-pyrrole nitrogens is 1. The van der Waals surface area contributed by atoms with Gasteiger partial charge in [0.25, 0.3) is 5.91 Å². The summed E-state index contributed by atoms with van der Waals surface area (Å²) in [5.41, 5.74) is 1.14. The maximum atomic E-state index is 12.3. The molecule has 6 nitrogen and oxygen atoms in total. The van der Waals surface area contributed by atoms with Crippen LogP contribution in [0.2, 0.25) is 5.02 Å². The number of carboxylic acids is 1. The van der Waals surface area contributed by atoms with Crippen LogP contribution in [0.25, 0.3) is 10.9 Å². The summed E-state index contributed by atoms with van der Waals surface area (Å²) in [6.45, 7) is 0. The Bertz CT molecular complexity index is 1030. The van der Waals surface area contributed by atoms with Crippen molar-refractivity contribution in [1.29, 1.82) is 0 Å². The molecular weight excluding hydrogens is 395 g/mol. The molecule has 1 unspecified atom stereocenters. The van der Waals surface area contributed by atoms with Crippen molar-refractivity contribution in [1.82, 2.24) is 10.3 Å². The minimum absolute atomic E-state index is 0. The zero-order valence-electron chi connectivity index (χ0n) is 13.5. The summed E-state index contributed by atoms with van der Waals surface area (Å²) in [6, 6.07) is 13.4. The normalized spacial score (nSPS) is 11.4. The van der Waals surface area contributed by atoms with E-state index >= 15 is 0 Å². The van der Waals surface area contributed by atoms with E-state index in [9.17, 15) is 19.5 Å². The SMILES string of the molecule is O=C(NC(Cc1cc(=O)[nH]c2ccccc12)C(=O)O)c1ccc(Cl)cc1.[KH]. The number of aromatic amines is 1. The second kappa shape index (κ2) is 9.63. The molecule has 134 valence electrons. The molecule has 0 aliphatic heterocycles. The molecule has 0 aliphatic carbocycles. The molecule has 0 spiro atoms. The number of hydrogen-bond donors (Lipinski definition) is 3. The third-order valence-corrected chi connectivity index (χ3v) is 4.22. The molecule has 1 aromatic heterocycles. The average molecular weight is 411 g/mol. The van der Waals surface area contributed by atoms with Crippen LogP contribution in [-0.4, -0.2) is 79.4 Å². The van der Waals surface area contributed by atoms with E-state index in [0.717, 1.165) is 5.39 Å². The minimum atomic E-state index is -1.18. The number of pyridine rings is 1. The van der Waals surface area contributed by atoms with Gasteiger partial charge in [-0.25, -0.2) is 4.79 Å². The molecule has 8 heteroatoms. The summed E-state index contributed by atoms with van der Waals surface area (Å²) >= 11 is 5.79. The Morgan fingerprint density at radius 3 is 2.44 bits per heavy atom. The number of nitrogens with one attached hydrogen (secondary N) is 2. The number of carbonyl (C=O) groups excluding carboxylic acids is 1. The fourth-order valence-electron chi connectivity index (χ4n) is 2.71. The van der Waals surface area contributed by atoms with E-state index in [0.29, 0.717) is 21.7 Å². The molecule has 0 saturated carbocycles. The second-order valence-corrected chi connectivity index (χ2v) is 6.22. The van der Waals surface area contributed by atoms with E-state index in [1.54, 1.807) is 36.4 Å². The van der Waals surface area contributed by atoms with E-state index in [4.69, 9.17) is 11.6 Å². The Morgan fingerprint density at radius 1 is 1.11 bits per heavy atom. The Labute approximate surface area is 202 Å². The second-order valence-electron chi connectivity index (χ2n) is 5.78. The summed E-state index contributed by atoms with van der Waals surface area (Å²) in [6.07, 6.45) is -0.0148. The quantitative estimate of drug-likeness (QED) is 0.560. The van der Waals surface area contributed by atoms with Gasteiger partial charge in [0, 0.05) is 34.0 Å². The van der Waals surface area contributed by atoms with Crippen LogP contribution in [0.4, 0.5) is 0 Å². The van der Waals surface area contributed by atoms with Gasteiger partial charge in [0.2, 0.25) is 5.56 Å². The zero-order valence-corrected chi connectivity index (χ0v) is 14.3. The van der Waals surface area contributed by atoms with E-state index < -0.39 is 17.9 Å². The number of carbonyl (C=O) groups is 2. The molecule has 1 heterocycles. The first-order valence-electron chi connectivity index (χ1n) is 7.84. The van der Waals surface area contributed by atoms with E-state index in [-0.39, 0.29) is 63.4 Å². The number of para-hydroxylation sites is 1. The van der Waals surface area contributed by atoms with Crippen LogP contribution in [0.15, 0.2) is 59.4 Å². The predicted molar refractivity (Wildman–Crippen MR) is 106 cm³/mol. The van der Waals surface area contributed by atoms with Crippen LogP contribution >= 0.6 is 11.6 Å². The molecule has 1 atom stereocenters. The molecule has 0 fully saturated rings. The molecule has 1 amide bonds. The van der Waals surface area contributed by atoms with Crippen LogP contribution in [0.1, 0.15) is 15.9 Å².